The molecule has 0 aliphatic carbocycles. The molecule has 0 bridgehead atoms. The Hall–Kier alpha value is -1.51. The second-order valence-electron chi connectivity index (χ2n) is 4.10. The minimum Gasteiger partial charge on any atom is -0.368 e. The maximum absolute atomic E-state index is 11.8. The van der Waals surface area contributed by atoms with Crippen LogP contribution >= 0.6 is 0 Å². The van der Waals surface area contributed by atoms with Gasteiger partial charge in [0.15, 0.2) is 0 Å². The lowest BCUT2D eigenvalue weighted by molar-refractivity contribution is 0.588. The van der Waals surface area contributed by atoms with Gasteiger partial charge in [-0.15, -0.1) is 6.42 Å². The van der Waals surface area contributed by atoms with Crippen molar-refractivity contribution in [1.29, 1.82) is 0 Å². The van der Waals surface area contributed by atoms with Crippen LogP contribution in [0.25, 0.3) is 0 Å². The standard InChI is InChI=1S/C12H16N2O2S/c1-5-12(2,3)14-10-8-6-7-9-11(10)17(15,16)13-4/h1,6-9,13-14H,2-4H3. The zero-order valence-electron chi connectivity index (χ0n) is 10.1. The Morgan fingerprint density at radius 3 is 2.41 bits per heavy atom. The summed E-state index contributed by atoms with van der Waals surface area (Å²) in [6.07, 6.45) is 5.37. The van der Waals surface area contributed by atoms with Gasteiger partial charge in [0.2, 0.25) is 10.0 Å². The Balaban J connectivity index is 3.24. The minimum absolute atomic E-state index is 0.186. The molecule has 0 aromatic heterocycles. The fraction of sp³-hybridized carbons (Fsp3) is 0.333. The lowest BCUT2D eigenvalue weighted by atomic mass is 10.1. The first-order chi connectivity index (χ1) is 7.82. The van der Waals surface area contributed by atoms with E-state index in [1.165, 1.54) is 13.1 Å². The number of benzene rings is 1. The summed E-state index contributed by atoms with van der Waals surface area (Å²) in [5.41, 5.74) is -0.121. The predicted molar refractivity (Wildman–Crippen MR) is 69.2 cm³/mol. The van der Waals surface area contributed by atoms with Crippen molar-refractivity contribution in [2.75, 3.05) is 12.4 Å². The van der Waals surface area contributed by atoms with Crippen LogP contribution in [0.15, 0.2) is 29.2 Å². The highest BCUT2D eigenvalue weighted by molar-refractivity contribution is 7.89. The lowest BCUT2D eigenvalue weighted by Gasteiger charge is -2.22. The van der Waals surface area contributed by atoms with Gasteiger partial charge in [-0.1, -0.05) is 18.1 Å². The first-order valence-electron chi connectivity index (χ1n) is 5.11. The number of hydrogen-bond donors (Lipinski definition) is 2. The lowest BCUT2D eigenvalue weighted by Crippen LogP contribution is -2.30. The van der Waals surface area contributed by atoms with Gasteiger partial charge in [0.05, 0.1) is 11.2 Å². The summed E-state index contributed by atoms with van der Waals surface area (Å²) in [7, 11) is -2.12. The van der Waals surface area contributed by atoms with Crippen LogP contribution in [-0.4, -0.2) is 21.0 Å². The topological polar surface area (TPSA) is 58.2 Å². The van der Waals surface area contributed by atoms with Crippen molar-refractivity contribution in [3.05, 3.63) is 24.3 Å². The summed E-state index contributed by atoms with van der Waals surface area (Å²) in [5, 5.41) is 3.02. The molecule has 0 aliphatic heterocycles. The molecule has 17 heavy (non-hydrogen) atoms. The Morgan fingerprint density at radius 1 is 1.29 bits per heavy atom. The fourth-order valence-electron chi connectivity index (χ4n) is 1.29. The van der Waals surface area contributed by atoms with E-state index in [0.717, 1.165) is 0 Å². The highest BCUT2D eigenvalue weighted by atomic mass is 32.2. The molecule has 0 heterocycles. The van der Waals surface area contributed by atoms with Crippen LogP contribution in [0.3, 0.4) is 0 Å². The maximum Gasteiger partial charge on any atom is 0.242 e. The largest absolute Gasteiger partial charge is 0.368 e. The molecular formula is C12H16N2O2S. The van der Waals surface area contributed by atoms with Crippen molar-refractivity contribution in [3.63, 3.8) is 0 Å². The summed E-state index contributed by atoms with van der Waals surface area (Å²) >= 11 is 0. The molecule has 0 saturated carbocycles. The number of hydrogen-bond acceptors (Lipinski definition) is 3. The fourth-order valence-corrected chi connectivity index (χ4v) is 2.17. The molecule has 5 heteroatoms. The number of anilines is 1. The van der Waals surface area contributed by atoms with Gasteiger partial charge in [0.25, 0.3) is 0 Å². The van der Waals surface area contributed by atoms with Gasteiger partial charge in [0.1, 0.15) is 4.90 Å². The number of para-hydroxylation sites is 1. The Kier molecular flexibility index (Phi) is 3.81. The van der Waals surface area contributed by atoms with Gasteiger partial charge in [-0.05, 0) is 33.0 Å². The van der Waals surface area contributed by atoms with Crippen LogP contribution in [0, 0.1) is 12.3 Å². The first-order valence-corrected chi connectivity index (χ1v) is 6.59. The quantitative estimate of drug-likeness (QED) is 0.797. The van der Waals surface area contributed by atoms with Crippen molar-refractivity contribution < 1.29 is 8.42 Å². The van der Waals surface area contributed by atoms with Gasteiger partial charge in [-0.25, -0.2) is 13.1 Å². The molecule has 0 fully saturated rings. The molecule has 1 rings (SSSR count). The zero-order chi connectivity index (χ0) is 13.1. The normalized spacial score (nSPS) is 11.9. The van der Waals surface area contributed by atoms with Gasteiger partial charge in [-0.2, -0.15) is 0 Å². The van der Waals surface area contributed by atoms with E-state index >= 15 is 0 Å². The molecule has 0 unspecified atom stereocenters. The van der Waals surface area contributed by atoms with Crippen molar-refractivity contribution in [3.8, 4) is 12.3 Å². The van der Waals surface area contributed by atoms with Crippen LogP contribution < -0.4 is 10.0 Å². The number of sulfonamides is 1. The predicted octanol–water partition coefficient (Wildman–Crippen LogP) is 1.42. The van der Waals surface area contributed by atoms with Crippen molar-refractivity contribution >= 4 is 15.7 Å². The second kappa shape index (κ2) is 4.78. The molecular weight excluding hydrogens is 236 g/mol. The SMILES string of the molecule is C#CC(C)(C)Nc1ccccc1S(=O)(=O)NC. The summed E-state index contributed by atoms with van der Waals surface area (Å²) in [6.45, 7) is 3.60. The Morgan fingerprint density at radius 2 is 1.88 bits per heavy atom. The van der Waals surface area contributed by atoms with E-state index < -0.39 is 15.6 Å². The van der Waals surface area contributed by atoms with E-state index in [1.54, 1.807) is 32.0 Å². The van der Waals surface area contributed by atoms with E-state index in [0.29, 0.717) is 5.69 Å². The van der Waals surface area contributed by atoms with Crippen molar-refractivity contribution in [2.45, 2.75) is 24.3 Å². The summed E-state index contributed by atoms with van der Waals surface area (Å²) in [4.78, 5) is 0.186. The Bertz CT molecular complexity index is 542. The molecule has 4 nitrogen and oxygen atoms in total. The van der Waals surface area contributed by atoms with E-state index in [9.17, 15) is 8.42 Å². The van der Waals surface area contributed by atoms with Crippen molar-refractivity contribution in [1.82, 2.24) is 4.72 Å². The summed E-state index contributed by atoms with van der Waals surface area (Å²) in [6, 6.07) is 6.63. The molecule has 0 spiro atoms. The molecule has 1 aromatic rings. The monoisotopic (exact) mass is 252 g/mol. The smallest absolute Gasteiger partial charge is 0.242 e. The maximum atomic E-state index is 11.8. The van der Waals surface area contributed by atoms with E-state index in [4.69, 9.17) is 6.42 Å². The third-order valence-corrected chi connectivity index (χ3v) is 3.73. The molecule has 0 amide bonds. The summed E-state index contributed by atoms with van der Waals surface area (Å²) < 4.78 is 25.9. The van der Waals surface area contributed by atoms with Crippen molar-refractivity contribution in [2.24, 2.45) is 0 Å². The minimum atomic E-state index is -3.49. The highest BCUT2D eigenvalue weighted by Gasteiger charge is 2.20. The van der Waals surface area contributed by atoms with E-state index in [-0.39, 0.29) is 4.90 Å². The highest BCUT2D eigenvalue weighted by Crippen LogP contribution is 2.23. The van der Waals surface area contributed by atoms with Gasteiger partial charge in [-0.3, -0.25) is 0 Å². The molecule has 92 valence electrons. The van der Waals surface area contributed by atoms with E-state index in [1.807, 2.05) is 0 Å². The van der Waals surface area contributed by atoms with Gasteiger partial charge < -0.3 is 5.32 Å². The van der Waals surface area contributed by atoms with Gasteiger partial charge >= 0.3 is 0 Å². The third kappa shape index (κ3) is 3.22. The molecule has 0 aliphatic rings. The van der Waals surface area contributed by atoms with Crippen LogP contribution in [0.1, 0.15) is 13.8 Å². The average Bonchev–Trinajstić information content (AvgIpc) is 2.29. The number of rotatable bonds is 4. The number of terminal acetylenes is 1. The molecule has 0 saturated heterocycles. The van der Waals surface area contributed by atoms with Crippen LogP contribution in [-0.2, 0) is 10.0 Å². The van der Waals surface area contributed by atoms with Crippen LogP contribution in [0.4, 0.5) is 5.69 Å². The third-order valence-electron chi connectivity index (χ3n) is 2.25. The van der Waals surface area contributed by atoms with Crippen LogP contribution in [0.2, 0.25) is 0 Å². The number of nitrogens with one attached hydrogen (secondary N) is 2. The zero-order valence-corrected chi connectivity index (χ0v) is 10.9. The molecule has 0 atom stereocenters. The van der Waals surface area contributed by atoms with Crippen LogP contribution in [0.5, 0.6) is 0 Å². The molecule has 0 radical (unpaired) electrons. The average molecular weight is 252 g/mol. The van der Waals surface area contributed by atoms with E-state index in [2.05, 4.69) is 16.0 Å². The molecule has 2 N–H and O–H groups in total. The summed E-state index contributed by atoms with van der Waals surface area (Å²) in [5.74, 6) is 2.56. The van der Waals surface area contributed by atoms with Gasteiger partial charge in [0, 0.05) is 0 Å². The first kappa shape index (κ1) is 13.6. The molecule has 1 aromatic carbocycles. The second-order valence-corrected chi connectivity index (χ2v) is 5.95. The Labute approximate surface area is 102 Å².